The molecule has 152 valence electrons. The summed E-state index contributed by atoms with van der Waals surface area (Å²) in [6.45, 7) is 0. The van der Waals surface area contributed by atoms with E-state index in [4.69, 9.17) is 20.9 Å². The Balaban J connectivity index is 1.99. The first-order valence-corrected chi connectivity index (χ1v) is 8.84. The van der Waals surface area contributed by atoms with E-state index in [1.54, 1.807) is 13.3 Å². The van der Waals surface area contributed by atoms with Crippen molar-refractivity contribution in [3.05, 3.63) is 52.8 Å². The summed E-state index contributed by atoms with van der Waals surface area (Å²) in [4.78, 5) is 23.0. The predicted octanol–water partition coefficient (Wildman–Crippen LogP) is 3.38. The minimum atomic E-state index is -0.592. The molecule has 0 bridgehead atoms. The van der Waals surface area contributed by atoms with Crippen molar-refractivity contribution in [3.8, 4) is 34.1 Å². The third kappa shape index (κ3) is 2.91. The number of anilines is 2. The van der Waals surface area contributed by atoms with Crippen LogP contribution in [0.2, 0.25) is 0 Å². The molecule has 0 radical (unpaired) electrons. The summed E-state index contributed by atoms with van der Waals surface area (Å²) in [5, 5.41) is 12.5. The highest BCUT2D eigenvalue weighted by molar-refractivity contribution is 5.99. The number of nitrogens with zero attached hydrogens (tertiary/aromatic N) is 3. The number of benzene rings is 2. The zero-order valence-electron chi connectivity index (χ0n) is 16.2. The van der Waals surface area contributed by atoms with Crippen molar-refractivity contribution in [2.75, 3.05) is 25.7 Å². The molecule has 2 aromatic heterocycles. The van der Waals surface area contributed by atoms with Crippen molar-refractivity contribution < 1.29 is 14.4 Å². The second kappa shape index (κ2) is 7.24. The standard InChI is InChI=1S/C20H18N6O4/c1-29-14-5-3-4-10-11(8-23-17(10)14)18-15(30-2)9-24-20(25-18)16-12(21)6-7-13(22)19(16)26(27)28/h3-9,23H,21-22H2,1-2H3. The Morgan fingerprint density at radius 3 is 2.50 bits per heavy atom. The molecule has 4 rings (SSSR count). The molecule has 0 aliphatic rings. The Labute approximate surface area is 170 Å². The first kappa shape index (κ1) is 19.0. The molecule has 0 spiro atoms. The molecular formula is C20H18N6O4. The number of nitrogens with two attached hydrogens (primary N) is 2. The van der Waals surface area contributed by atoms with Gasteiger partial charge in [-0.1, -0.05) is 12.1 Å². The van der Waals surface area contributed by atoms with E-state index in [0.717, 1.165) is 16.5 Å². The number of methoxy groups -OCH3 is 2. The molecule has 2 heterocycles. The van der Waals surface area contributed by atoms with Gasteiger partial charge in [0.15, 0.2) is 11.6 Å². The number of nitrogens with one attached hydrogen (secondary N) is 1. The lowest BCUT2D eigenvalue weighted by Crippen LogP contribution is -2.04. The highest BCUT2D eigenvalue weighted by atomic mass is 16.6. The third-order valence-electron chi connectivity index (χ3n) is 4.77. The summed E-state index contributed by atoms with van der Waals surface area (Å²) >= 11 is 0. The molecule has 0 amide bonds. The van der Waals surface area contributed by atoms with Crippen molar-refractivity contribution in [2.45, 2.75) is 0 Å². The number of hydrogen-bond acceptors (Lipinski definition) is 8. The molecule has 0 saturated heterocycles. The van der Waals surface area contributed by atoms with E-state index in [-0.39, 0.29) is 28.5 Å². The number of nitro benzene ring substituents is 1. The van der Waals surface area contributed by atoms with Crippen LogP contribution in [0.4, 0.5) is 17.1 Å². The Bertz CT molecular complexity index is 1280. The van der Waals surface area contributed by atoms with Crippen molar-refractivity contribution in [1.82, 2.24) is 15.0 Å². The van der Waals surface area contributed by atoms with Crippen LogP contribution in [0, 0.1) is 10.1 Å². The van der Waals surface area contributed by atoms with E-state index < -0.39 is 4.92 Å². The number of nitrogen functional groups attached to an aromatic ring is 2. The number of aromatic nitrogens is 3. The van der Waals surface area contributed by atoms with E-state index >= 15 is 0 Å². The Morgan fingerprint density at radius 2 is 1.80 bits per heavy atom. The Kier molecular flexibility index (Phi) is 4.59. The van der Waals surface area contributed by atoms with Gasteiger partial charge in [-0.15, -0.1) is 0 Å². The molecule has 5 N–H and O–H groups in total. The van der Waals surface area contributed by atoms with Gasteiger partial charge in [-0.25, -0.2) is 9.97 Å². The molecule has 10 heteroatoms. The maximum Gasteiger partial charge on any atom is 0.305 e. The van der Waals surface area contributed by atoms with Crippen molar-refractivity contribution in [2.24, 2.45) is 0 Å². The van der Waals surface area contributed by atoms with Crippen LogP contribution in [0.15, 0.2) is 42.7 Å². The van der Waals surface area contributed by atoms with Gasteiger partial charge < -0.3 is 25.9 Å². The lowest BCUT2D eigenvalue weighted by atomic mass is 10.1. The second-order valence-corrected chi connectivity index (χ2v) is 6.42. The number of nitro groups is 1. The SMILES string of the molecule is COc1cnc(-c2c(N)ccc(N)c2[N+](=O)[O-])nc1-c1c[nH]c2c(OC)cccc12. The lowest BCUT2D eigenvalue weighted by Gasteiger charge is -2.11. The molecule has 0 unspecified atom stereocenters. The van der Waals surface area contributed by atoms with Gasteiger partial charge in [0, 0.05) is 22.8 Å². The number of ether oxygens (including phenoxy) is 2. The predicted molar refractivity (Wildman–Crippen MR) is 113 cm³/mol. The van der Waals surface area contributed by atoms with Crippen LogP contribution >= 0.6 is 0 Å². The highest BCUT2D eigenvalue weighted by Gasteiger charge is 2.26. The minimum absolute atomic E-state index is 0.0259. The van der Waals surface area contributed by atoms with Gasteiger partial charge in [0.05, 0.1) is 30.9 Å². The smallest absolute Gasteiger partial charge is 0.305 e. The highest BCUT2D eigenvalue weighted by Crippen LogP contribution is 2.41. The number of H-pyrrole nitrogens is 1. The third-order valence-corrected chi connectivity index (χ3v) is 4.77. The molecule has 0 saturated carbocycles. The van der Waals surface area contributed by atoms with Gasteiger partial charge >= 0.3 is 5.69 Å². The van der Waals surface area contributed by atoms with Crippen LogP contribution in [0.3, 0.4) is 0 Å². The van der Waals surface area contributed by atoms with Crippen LogP contribution < -0.4 is 20.9 Å². The average molecular weight is 406 g/mol. The number of para-hydroxylation sites is 1. The van der Waals surface area contributed by atoms with Crippen LogP contribution in [0.5, 0.6) is 11.5 Å². The molecule has 10 nitrogen and oxygen atoms in total. The first-order chi connectivity index (χ1) is 14.5. The van der Waals surface area contributed by atoms with Crippen LogP contribution in [-0.2, 0) is 0 Å². The van der Waals surface area contributed by atoms with Crippen molar-refractivity contribution in [1.29, 1.82) is 0 Å². The fourth-order valence-electron chi connectivity index (χ4n) is 3.38. The molecule has 30 heavy (non-hydrogen) atoms. The van der Waals surface area contributed by atoms with Gasteiger partial charge in [0.2, 0.25) is 0 Å². The molecule has 4 aromatic rings. The minimum Gasteiger partial charge on any atom is -0.495 e. The van der Waals surface area contributed by atoms with Gasteiger partial charge in [0.1, 0.15) is 22.7 Å². The molecule has 0 aliphatic carbocycles. The van der Waals surface area contributed by atoms with Gasteiger partial charge in [-0.05, 0) is 18.2 Å². The number of aromatic amines is 1. The van der Waals surface area contributed by atoms with E-state index in [2.05, 4.69) is 15.0 Å². The van der Waals surface area contributed by atoms with Crippen molar-refractivity contribution in [3.63, 3.8) is 0 Å². The quantitative estimate of drug-likeness (QED) is 0.259. The summed E-state index contributed by atoms with van der Waals surface area (Å²) in [6.07, 6.45) is 3.21. The van der Waals surface area contributed by atoms with E-state index in [9.17, 15) is 10.1 Å². The molecule has 0 fully saturated rings. The van der Waals surface area contributed by atoms with Gasteiger partial charge in [-0.3, -0.25) is 10.1 Å². The number of rotatable bonds is 5. The Morgan fingerprint density at radius 1 is 1.07 bits per heavy atom. The van der Waals surface area contributed by atoms with Crippen LogP contribution in [0.1, 0.15) is 0 Å². The summed E-state index contributed by atoms with van der Waals surface area (Å²) in [7, 11) is 3.08. The average Bonchev–Trinajstić information content (AvgIpc) is 3.18. The lowest BCUT2D eigenvalue weighted by molar-refractivity contribution is -0.383. The Hall–Kier alpha value is -4.34. The maximum atomic E-state index is 11.6. The van der Waals surface area contributed by atoms with Gasteiger partial charge in [0.25, 0.3) is 0 Å². The summed E-state index contributed by atoms with van der Waals surface area (Å²) in [5.74, 6) is 1.13. The fraction of sp³-hybridized carbons (Fsp3) is 0.100. The number of hydrogen-bond donors (Lipinski definition) is 3. The normalized spacial score (nSPS) is 10.9. The largest absolute Gasteiger partial charge is 0.495 e. The van der Waals surface area contributed by atoms with Crippen LogP contribution in [0.25, 0.3) is 33.5 Å². The van der Waals surface area contributed by atoms with Crippen molar-refractivity contribution >= 4 is 28.0 Å². The monoisotopic (exact) mass is 406 g/mol. The second-order valence-electron chi connectivity index (χ2n) is 6.42. The van der Waals surface area contributed by atoms with E-state index in [1.807, 2.05) is 18.2 Å². The van der Waals surface area contributed by atoms with Crippen LogP contribution in [-0.4, -0.2) is 34.1 Å². The molecule has 0 atom stereocenters. The van der Waals surface area contributed by atoms with Gasteiger partial charge in [-0.2, -0.15) is 0 Å². The summed E-state index contributed by atoms with van der Waals surface area (Å²) < 4.78 is 10.8. The zero-order valence-corrected chi connectivity index (χ0v) is 16.2. The first-order valence-electron chi connectivity index (χ1n) is 8.84. The fourth-order valence-corrected chi connectivity index (χ4v) is 3.38. The topological polar surface area (TPSA) is 155 Å². The summed E-state index contributed by atoms with van der Waals surface area (Å²) in [6, 6.07) is 8.47. The van der Waals surface area contributed by atoms with E-state index in [1.165, 1.54) is 25.4 Å². The van der Waals surface area contributed by atoms with E-state index in [0.29, 0.717) is 17.2 Å². The molecule has 0 aliphatic heterocycles. The molecule has 2 aromatic carbocycles. The summed E-state index contributed by atoms with van der Waals surface area (Å²) in [5.41, 5.74) is 13.6. The molecular weight excluding hydrogens is 388 g/mol. The number of fused-ring (bicyclic) bond motifs is 1. The zero-order chi connectivity index (χ0) is 21.4. The maximum absolute atomic E-state index is 11.6.